The third-order valence-electron chi connectivity index (χ3n) is 3.95. The highest BCUT2D eigenvalue weighted by atomic mass is 35.5. The van der Waals surface area contributed by atoms with Crippen LogP contribution in [0.25, 0.3) is 0 Å². The maximum atomic E-state index is 13.5. The number of sulfonamides is 1. The smallest absolute Gasteiger partial charge is 0.262 e. The molecule has 3 rings (SSSR count). The lowest BCUT2D eigenvalue weighted by molar-refractivity contribution is 0.417. The second-order valence-corrected chi connectivity index (χ2v) is 8.54. The Labute approximate surface area is 184 Å². The number of hydrogen-bond donors (Lipinski definition) is 3. The Morgan fingerprint density at radius 1 is 1.00 bits per heavy atom. The lowest BCUT2D eigenvalue weighted by Gasteiger charge is -2.13. The molecule has 0 amide bonds. The molecule has 0 atom stereocenters. The largest absolute Gasteiger partial charge is 0.495 e. The Morgan fingerprint density at radius 2 is 1.63 bits per heavy atom. The molecule has 0 bridgehead atoms. The predicted molar refractivity (Wildman–Crippen MR) is 121 cm³/mol. The first-order valence-corrected chi connectivity index (χ1v) is 10.8. The van der Waals surface area contributed by atoms with Crippen molar-refractivity contribution >= 4 is 56.0 Å². The monoisotopic (exact) mass is 465 g/mol. The van der Waals surface area contributed by atoms with E-state index in [1.165, 1.54) is 31.4 Å². The zero-order valence-corrected chi connectivity index (χ0v) is 18.0. The number of halogens is 2. The first kappa shape index (κ1) is 21.8. The molecule has 0 unspecified atom stereocenters. The summed E-state index contributed by atoms with van der Waals surface area (Å²) in [6.07, 6.45) is 0. The van der Waals surface area contributed by atoms with E-state index in [0.29, 0.717) is 22.8 Å². The summed E-state index contributed by atoms with van der Waals surface area (Å²) in [6.45, 7) is 0. The van der Waals surface area contributed by atoms with E-state index in [0.717, 1.165) is 0 Å². The van der Waals surface area contributed by atoms with Gasteiger partial charge in [0.2, 0.25) is 0 Å². The molecule has 3 N–H and O–H groups in total. The van der Waals surface area contributed by atoms with Crippen LogP contribution in [-0.4, -0.2) is 20.6 Å². The summed E-state index contributed by atoms with van der Waals surface area (Å²) in [5.74, 6) is -0.156. The molecule has 6 nitrogen and oxygen atoms in total. The summed E-state index contributed by atoms with van der Waals surface area (Å²) < 4.78 is 46.4. The molecule has 0 saturated heterocycles. The summed E-state index contributed by atoms with van der Waals surface area (Å²) in [6, 6.07) is 16.9. The van der Waals surface area contributed by atoms with Gasteiger partial charge in [-0.15, -0.1) is 0 Å². The van der Waals surface area contributed by atoms with Crippen molar-refractivity contribution in [2.75, 3.05) is 22.5 Å². The van der Waals surface area contributed by atoms with Crippen LogP contribution < -0.4 is 20.1 Å². The minimum atomic E-state index is -3.81. The van der Waals surface area contributed by atoms with Gasteiger partial charge in [-0.3, -0.25) is 4.72 Å². The van der Waals surface area contributed by atoms with Crippen molar-refractivity contribution in [3.63, 3.8) is 0 Å². The second kappa shape index (κ2) is 9.29. The number of nitrogens with one attached hydrogen (secondary N) is 3. The minimum Gasteiger partial charge on any atom is -0.495 e. The van der Waals surface area contributed by atoms with Crippen molar-refractivity contribution in [2.24, 2.45) is 0 Å². The average molecular weight is 466 g/mol. The van der Waals surface area contributed by atoms with Crippen molar-refractivity contribution in [1.29, 1.82) is 0 Å². The van der Waals surface area contributed by atoms with Gasteiger partial charge in [0.1, 0.15) is 11.6 Å². The summed E-state index contributed by atoms with van der Waals surface area (Å²) in [7, 11) is -2.35. The lowest BCUT2D eigenvalue weighted by atomic mass is 10.3. The maximum Gasteiger partial charge on any atom is 0.262 e. The van der Waals surface area contributed by atoms with Gasteiger partial charge < -0.3 is 15.4 Å². The number of benzene rings is 3. The fraction of sp³-hybridized carbons (Fsp3) is 0.0500. The Morgan fingerprint density at radius 3 is 2.30 bits per heavy atom. The highest BCUT2D eigenvalue weighted by Gasteiger charge is 2.16. The van der Waals surface area contributed by atoms with Gasteiger partial charge in [-0.1, -0.05) is 23.7 Å². The third kappa shape index (κ3) is 5.38. The number of ether oxygens (including phenoxy) is 1. The van der Waals surface area contributed by atoms with Crippen LogP contribution in [0.4, 0.5) is 21.5 Å². The van der Waals surface area contributed by atoms with Crippen LogP contribution in [0.5, 0.6) is 5.75 Å². The maximum absolute atomic E-state index is 13.5. The summed E-state index contributed by atoms with van der Waals surface area (Å²) in [5.41, 5.74) is 1.32. The molecule has 3 aromatic rings. The molecule has 0 heterocycles. The van der Waals surface area contributed by atoms with E-state index >= 15 is 0 Å². The first-order chi connectivity index (χ1) is 14.3. The molecular weight excluding hydrogens is 449 g/mol. The van der Waals surface area contributed by atoms with Gasteiger partial charge in [-0.25, -0.2) is 12.8 Å². The molecule has 0 fully saturated rings. The molecule has 30 heavy (non-hydrogen) atoms. The summed E-state index contributed by atoms with van der Waals surface area (Å²) in [5, 5.41) is 5.95. The van der Waals surface area contributed by atoms with Crippen LogP contribution in [0.15, 0.2) is 71.6 Å². The van der Waals surface area contributed by atoms with E-state index in [1.54, 1.807) is 42.5 Å². The number of methoxy groups -OCH3 is 1. The predicted octanol–water partition coefficient (Wildman–Crippen LogP) is 5.10. The fourth-order valence-electron chi connectivity index (χ4n) is 2.52. The molecule has 10 heteroatoms. The zero-order chi connectivity index (χ0) is 21.7. The quantitative estimate of drug-likeness (QED) is 0.440. The minimum absolute atomic E-state index is 0.0120. The Kier molecular flexibility index (Phi) is 6.76. The Bertz CT molecular complexity index is 1170. The number of thiocarbonyl (C=S) groups is 1. The Balaban J connectivity index is 1.67. The molecular formula is C20H17ClFN3O3S2. The summed E-state index contributed by atoms with van der Waals surface area (Å²) >= 11 is 10.8. The van der Waals surface area contributed by atoms with Crippen LogP contribution in [0.1, 0.15) is 0 Å². The molecule has 0 aliphatic heterocycles. The van der Waals surface area contributed by atoms with Crippen molar-refractivity contribution in [1.82, 2.24) is 0 Å². The van der Waals surface area contributed by atoms with E-state index in [4.69, 9.17) is 28.6 Å². The average Bonchev–Trinajstić information content (AvgIpc) is 2.71. The molecule has 0 aromatic heterocycles. The molecule has 3 aromatic carbocycles. The number of anilines is 3. The number of rotatable bonds is 6. The molecule has 0 spiro atoms. The van der Waals surface area contributed by atoms with Gasteiger partial charge in [0.15, 0.2) is 5.11 Å². The van der Waals surface area contributed by atoms with Crippen molar-refractivity contribution in [3.8, 4) is 5.75 Å². The van der Waals surface area contributed by atoms with E-state index in [1.807, 2.05) is 0 Å². The van der Waals surface area contributed by atoms with Crippen LogP contribution in [0, 0.1) is 5.82 Å². The fourth-order valence-corrected chi connectivity index (χ4v) is 3.94. The molecule has 0 saturated carbocycles. The van der Waals surface area contributed by atoms with Crippen molar-refractivity contribution in [2.45, 2.75) is 4.90 Å². The Hall–Kier alpha value is -2.88. The SMILES string of the molecule is COc1ccccc1NS(=O)(=O)c1ccc(NC(=S)Nc2ccc(Cl)c(F)c2)cc1. The van der Waals surface area contributed by atoms with E-state index in [2.05, 4.69) is 15.4 Å². The van der Waals surface area contributed by atoms with Gasteiger partial charge in [-0.2, -0.15) is 0 Å². The van der Waals surface area contributed by atoms with Crippen molar-refractivity contribution in [3.05, 3.63) is 77.6 Å². The third-order valence-corrected chi connectivity index (χ3v) is 5.84. The number of hydrogen-bond acceptors (Lipinski definition) is 4. The highest BCUT2D eigenvalue weighted by Crippen LogP contribution is 2.26. The first-order valence-electron chi connectivity index (χ1n) is 8.57. The van der Waals surface area contributed by atoms with Gasteiger partial charge in [0.25, 0.3) is 10.0 Å². The van der Waals surface area contributed by atoms with Crippen LogP contribution >= 0.6 is 23.8 Å². The van der Waals surface area contributed by atoms with Crippen LogP contribution in [0.2, 0.25) is 5.02 Å². The topological polar surface area (TPSA) is 79.5 Å². The van der Waals surface area contributed by atoms with Crippen LogP contribution in [0.3, 0.4) is 0 Å². The molecule has 156 valence electrons. The number of para-hydroxylation sites is 2. The van der Waals surface area contributed by atoms with Crippen LogP contribution in [-0.2, 0) is 10.0 Å². The molecule has 0 aliphatic rings. The van der Waals surface area contributed by atoms with Gasteiger partial charge in [0.05, 0.1) is 22.7 Å². The van der Waals surface area contributed by atoms with Gasteiger partial charge >= 0.3 is 0 Å². The van der Waals surface area contributed by atoms with E-state index < -0.39 is 15.8 Å². The molecule has 0 radical (unpaired) electrons. The standard InChI is InChI=1S/C20H17ClFN3O3S2/c1-28-19-5-3-2-4-18(19)25-30(26,27)15-9-6-13(7-10-15)23-20(29)24-14-8-11-16(21)17(22)12-14/h2-12,25H,1H3,(H2,23,24,29). The molecule has 0 aliphatic carbocycles. The van der Waals surface area contributed by atoms with E-state index in [9.17, 15) is 12.8 Å². The highest BCUT2D eigenvalue weighted by molar-refractivity contribution is 7.92. The summed E-state index contributed by atoms with van der Waals surface area (Å²) in [4.78, 5) is 0.0672. The van der Waals surface area contributed by atoms with Gasteiger partial charge in [-0.05, 0) is 66.8 Å². The lowest BCUT2D eigenvalue weighted by Crippen LogP contribution is -2.19. The second-order valence-electron chi connectivity index (χ2n) is 6.04. The zero-order valence-electron chi connectivity index (χ0n) is 15.6. The normalized spacial score (nSPS) is 10.9. The van der Waals surface area contributed by atoms with Gasteiger partial charge in [0, 0.05) is 11.4 Å². The van der Waals surface area contributed by atoms with E-state index in [-0.39, 0.29) is 15.0 Å². The van der Waals surface area contributed by atoms with Crippen molar-refractivity contribution < 1.29 is 17.5 Å².